The summed E-state index contributed by atoms with van der Waals surface area (Å²) >= 11 is 0. The van der Waals surface area contributed by atoms with E-state index in [9.17, 15) is 23.1 Å². The summed E-state index contributed by atoms with van der Waals surface area (Å²) in [5, 5.41) is 16.6. The normalized spacial score (nSPS) is 16.1. The standard InChI is InChI=1S/C22H19F3N4O3/c23-15-2-1-13(8-16(15)24)29-18-7-12-10-26-28-21(12)27-19(18)14(9-17(25)22(30)31)20(29)11-3-5-32-6-4-11/h1-2,7-8,10-11,17H,3-6,9H2,(H,30,31)(H,26,27,28)/t17-/m1/s1. The van der Waals surface area contributed by atoms with Crippen LogP contribution in [0.25, 0.3) is 27.8 Å². The average molecular weight is 444 g/mol. The molecule has 10 heteroatoms. The minimum absolute atomic E-state index is 0.0986. The number of aromatic amines is 1. The van der Waals surface area contributed by atoms with Crippen LogP contribution >= 0.6 is 0 Å². The number of pyridine rings is 1. The number of H-pyrrole nitrogens is 1. The van der Waals surface area contributed by atoms with Gasteiger partial charge in [0.25, 0.3) is 0 Å². The Hall–Kier alpha value is -3.40. The summed E-state index contributed by atoms with van der Waals surface area (Å²) < 4.78 is 49.5. The van der Waals surface area contributed by atoms with Crippen molar-refractivity contribution in [3.8, 4) is 5.69 Å². The lowest BCUT2D eigenvalue weighted by Crippen LogP contribution is -2.21. The molecule has 166 valence electrons. The molecule has 5 rings (SSSR count). The van der Waals surface area contributed by atoms with Crippen molar-refractivity contribution in [2.24, 2.45) is 0 Å². The van der Waals surface area contributed by atoms with E-state index in [0.29, 0.717) is 65.1 Å². The Bertz CT molecular complexity index is 1330. The Morgan fingerprint density at radius 2 is 2.03 bits per heavy atom. The minimum Gasteiger partial charge on any atom is -0.479 e. The third kappa shape index (κ3) is 3.40. The van der Waals surface area contributed by atoms with Gasteiger partial charge in [-0.3, -0.25) is 5.10 Å². The van der Waals surface area contributed by atoms with Gasteiger partial charge in [-0.1, -0.05) is 0 Å². The Labute approximate surface area is 179 Å². The van der Waals surface area contributed by atoms with Crippen LogP contribution in [0.5, 0.6) is 0 Å². The molecule has 1 aliphatic rings. The number of fused-ring (bicyclic) bond motifs is 2. The first-order chi connectivity index (χ1) is 15.4. The van der Waals surface area contributed by atoms with E-state index >= 15 is 0 Å². The molecular formula is C22H19F3N4O3. The van der Waals surface area contributed by atoms with Gasteiger partial charge < -0.3 is 14.4 Å². The second kappa shape index (κ2) is 7.94. The molecule has 0 aliphatic carbocycles. The zero-order valence-electron chi connectivity index (χ0n) is 16.8. The van der Waals surface area contributed by atoms with Crippen LogP contribution in [-0.4, -0.2) is 50.2 Å². The Morgan fingerprint density at radius 1 is 1.25 bits per heavy atom. The van der Waals surface area contributed by atoms with Crippen LogP contribution in [-0.2, 0) is 16.0 Å². The summed E-state index contributed by atoms with van der Waals surface area (Å²) in [7, 11) is 0. The number of nitrogens with one attached hydrogen (secondary N) is 1. The van der Waals surface area contributed by atoms with Crippen molar-refractivity contribution in [2.45, 2.75) is 31.4 Å². The van der Waals surface area contributed by atoms with E-state index in [-0.39, 0.29) is 5.92 Å². The molecule has 0 unspecified atom stereocenters. The predicted octanol–water partition coefficient (Wildman–Crippen LogP) is 4.04. The quantitative estimate of drug-likeness (QED) is 0.485. The van der Waals surface area contributed by atoms with Crippen molar-refractivity contribution in [1.29, 1.82) is 0 Å². The molecule has 0 radical (unpaired) electrons. The number of aromatic nitrogens is 4. The first-order valence-corrected chi connectivity index (χ1v) is 10.2. The molecule has 2 N–H and O–H groups in total. The maximum atomic E-state index is 14.5. The van der Waals surface area contributed by atoms with Crippen LogP contribution in [0.15, 0.2) is 30.5 Å². The van der Waals surface area contributed by atoms with Gasteiger partial charge in [-0.05, 0) is 31.0 Å². The molecule has 4 heterocycles. The Kier molecular flexibility index (Phi) is 5.09. The van der Waals surface area contributed by atoms with Gasteiger partial charge >= 0.3 is 5.97 Å². The highest BCUT2D eigenvalue weighted by atomic mass is 19.2. The highest BCUT2D eigenvalue weighted by molar-refractivity contribution is 5.93. The Balaban J connectivity index is 1.85. The summed E-state index contributed by atoms with van der Waals surface area (Å²) in [5.41, 5.74) is 2.83. The second-order valence-corrected chi connectivity index (χ2v) is 7.86. The summed E-state index contributed by atoms with van der Waals surface area (Å²) in [5.74, 6) is -3.67. The third-order valence-corrected chi connectivity index (χ3v) is 5.90. The number of hydrogen-bond donors (Lipinski definition) is 2. The van der Waals surface area contributed by atoms with Crippen molar-refractivity contribution >= 4 is 28.0 Å². The van der Waals surface area contributed by atoms with Crippen molar-refractivity contribution in [2.75, 3.05) is 13.2 Å². The fourth-order valence-corrected chi connectivity index (χ4v) is 4.42. The number of aliphatic carboxylic acids is 1. The van der Waals surface area contributed by atoms with Gasteiger partial charge in [0.2, 0.25) is 6.17 Å². The molecule has 0 amide bonds. The third-order valence-electron chi connectivity index (χ3n) is 5.90. The number of nitrogens with zero attached hydrogens (tertiary/aromatic N) is 3. The highest BCUT2D eigenvalue weighted by Crippen LogP contribution is 2.39. The molecule has 0 spiro atoms. The molecule has 1 saturated heterocycles. The summed E-state index contributed by atoms with van der Waals surface area (Å²) in [6, 6.07) is 5.32. The van der Waals surface area contributed by atoms with E-state index < -0.39 is 30.2 Å². The molecule has 3 aromatic heterocycles. The smallest absolute Gasteiger partial charge is 0.338 e. The predicted molar refractivity (Wildman–Crippen MR) is 110 cm³/mol. The van der Waals surface area contributed by atoms with Crippen LogP contribution in [0, 0.1) is 11.6 Å². The van der Waals surface area contributed by atoms with E-state index in [1.54, 1.807) is 16.8 Å². The van der Waals surface area contributed by atoms with Crippen LogP contribution < -0.4 is 0 Å². The lowest BCUT2D eigenvalue weighted by atomic mass is 9.91. The maximum Gasteiger partial charge on any atom is 0.338 e. The maximum absolute atomic E-state index is 14.5. The minimum atomic E-state index is -2.14. The lowest BCUT2D eigenvalue weighted by Gasteiger charge is -2.25. The van der Waals surface area contributed by atoms with Crippen LogP contribution in [0.3, 0.4) is 0 Å². The number of ether oxygens (including phenoxy) is 1. The number of rotatable bonds is 5. The number of carboxylic acids is 1. The van der Waals surface area contributed by atoms with Gasteiger partial charge in [0.1, 0.15) is 0 Å². The van der Waals surface area contributed by atoms with E-state index in [1.807, 2.05) is 0 Å². The average Bonchev–Trinajstić information content (AvgIpc) is 3.37. The first kappa shape index (κ1) is 20.5. The van der Waals surface area contributed by atoms with Gasteiger partial charge in [-0.2, -0.15) is 5.10 Å². The largest absolute Gasteiger partial charge is 0.479 e. The first-order valence-electron chi connectivity index (χ1n) is 10.2. The zero-order chi connectivity index (χ0) is 22.4. The van der Waals surface area contributed by atoms with E-state index in [1.165, 1.54) is 6.07 Å². The monoisotopic (exact) mass is 444 g/mol. The van der Waals surface area contributed by atoms with Gasteiger partial charge in [-0.25, -0.2) is 22.9 Å². The molecule has 1 fully saturated rings. The molecule has 0 bridgehead atoms. The summed E-state index contributed by atoms with van der Waals surface area (Å²) in [6.07, 6.45) is 0.277. The number of alkyl halides is 1. The van der Waals surface area contributed by atoms with Crippen molar-refractivity contribution in [1.82, 2.24) is 19.7 Å². The lowest BCUT2D eigenvalue weighted by molar-refractivity contribution is -0.142. The van der Waals surface area contributed by atoms with Crippen molar-refractivity contribution in [3.05, 3.63) is 53.4 Å². The fraction of sp³-hybridized carbons (Fsp3) is 0.318. The molecule has 1 aliphatic heterocycles. The molecule has 1 atom stereocenters. The molecule has 0 saturated carbocycles. The number of halogens is 3. The molecule has 4 aromatic rings. The molecule has 1 aromatic carbocycles. The van der Waals surface area contributed by atoms with E-state index in [2.05, 4.69) is 15.2 Å². The topological polar surface area (TPSA) is 93.0 Å². The van der Waals surface area contributed by atoms with Crippen molar-refractivity contribution < 1.29 is 27.8 Å². The molecular weight excluding hydrogens is 425 g/mol. The molecule has 32 heavy (non-hydrogen) atoms. The summed E-state index contributed by atoms with van der Waals surface area (Å²) in [6.45, 7) is 0.971. The number of hydrogen-bond acceptors (Lipinski definition) is 4. The highest BCUT2D eigenvalue weighted by Gasteiger charge is 2.31. The van der Waals surface area contributed by atoms with Crippen molar-refractivity contribution in [3.63, 3.8) is 0 Å². The van der Waals surface area contributed by atoms with E-state index in [4.69, 9.17) is 4.74 Å². The SMILES string of the molecule is O=C(O)[C@H](F)Cc1c(C2CCOCC2)n(-c2ccc(F)c(F)c2)c2cc3cn[nH]c3nc12. The van der Waals surface area contributed by atoms with Crippen LogP contribution in [0.4, 0.5) is 13.2 Å². The van der Waals surface area contributed by atoms with Crippen LogP contribution in [0.1, 0.15) is 30.0 Å². The number of carboxylic acid groups (broad SMARTS) is 1. The molecule has 7 nitrogen and oxygen atoms in total. The summed E-state index contributed by atoms with van der Waals surface area (Å²) in [4.78, 5) is 15.9. The van der Waals surface area contributed by atoms with Crippen LogP contribution in [0.2, 0.25) is 0 Å². The second-order valence-electron chi connectivity index (χ2n) is 7.86. The number of carbonyl (C=O) groups is 1. The van der Waals surface area contributed by atoms with Gasteiger partial charge in [0.15, 0.2) is 17.3 Å². The van der Waals surface area contributed by atoms with Gasteiger partial charge in [0, 0.05) is 53.9 Å². The Morgan fingerprint density at radius 3 is 2.75 bits per heavy atom. The zero-order valence-corrected chi connectivity index (χ0v) is 16.8. The van der Waals surface area contributed by atoms with E-state index in [0.717, 1.165) is 12.1 Å². The van der Waals surface area contributed by atoms with Gasteiger partial charge in [-0.15, -0.1) is 0 Å². The number of benzene rings is 1. The fourth-order valence-electron chi connectivity index (χ4n) is 4.42. The van der Waals surface area contributed by atoms with Gasteiger partial charge in [0.05, 0.1) is 17.2 Å².